The fourth-order valence-corrected chi connectivity index (χ4v) is 2.59. The first-order valence-corrected chi connectivity index (χ1v) is 7.96. The Labute approximate surface area is 123 Å². The van der Waals surface area contributed by atoms with Gasteiger partial charge in [0, 0.05) is 12.6 Å². The predicted octanol–water partition coefficient (Wildman–Crippen LogP) is 3.85. The molecule has 1 unspecified atom stereocenters. The van der Waals surface area contributed by atoms with Gasteiger partial charge in [-0.25, -0.2) is 0 Å². The van der Waals surface area contributed by atoms with Crippen molar-refractivity contribution >= 4 is 0 Å². The van der Waals surface area contributed by atoms with Gasteiger partial charge in [-0.2, -0.15) is 0 Å². The molecule has 1 atom stereocenters. The Hall–Kier alpha value is -0.860. The van der Waals surface area contributed by atoms with Crippen LogP contribution in [0.4, 0.5) is 0 Å². The summed E-state index contributed by atoms with van der Waals surface area (Å²) in [6.07, 6.45) is 3.47. The maximum Gasteiger partial charge on any atom is 0.0917 e. The number of nitrogens with zero attached hydrogens (tertiary/aromatic N) is 1. The molecular weight excluding hydrogens is 246 g/mol. The maximum atomic E-state index is 10.5. The van der Waals surface area contributed by atoms with Crippen LogP contribution in [0.3, 0.4) is 0 Å². The zero-order chi connectivity index (χ0) is 14.7. The third-order valence-corrected chi connectivity index (χ3v) is 4.38. The predicted molar refractivity (Wildman–Crippen MR) is 84.9 cm³/mol. The average molecular weight is 275 g/mol. The van der Waals surface area contributed by atoms with E-state index >= 15 is 0 Å². The minimum Gasteiger partial charge on any atom is -0.387 e. The highest BCUT2D eigenvalue weighted by Crippen LogP contribution is 2.29. The normalized spacial score (nSPS) is 16.9. The summed E-state index contributed by atoms with van der Waals surface area (Å²) in [5, 5.41) is 10.5. The van der Waals surface area contributed by atoms with Crippen LogP contribution in [0.25, 0.3) is 0 Å². The summed E-state index contributed by atoms with van der Waals surface area (Å²) in [4.78, 5) is 2.49. The first-order valence-electron chi connectivity index (χ1n) is 7.96. The lowest BCUT2D eigenvalue weighted by molar-refractivity contribution is 0.105. The molecule has 2 heteroatoms. The van der Waals surface area contributed by atoms with E-state index in [1.54, 1.807) is 0 Å². The topological polar surface area (TPSA) is 23.5 Å². The molecule has 0 amide bonds. The van der Waals surface area contributed by atoms with Crippen LogP contribution in [0, 0.1) is 19.8 Å². The molecule has 1 aliphatic carbocycles. The number of hydrogen-bond acceptors (Lipinski definition) is 2. The van der Waals surface area contributed by atoms with Crippen molar-refractivity contribution in [1.82, 2.24) is 4.90 Å². The third kappa shape index (κ3) is 4.32. The van der Waals surface area contributed by atoms with Crippen LogP contribution in [-0.2, 0) is 0 Å². The molecule has 0 radical (unpaired) electrons. The van der Waals surface area contributed by atoms with Crippen molar-refractivity contribution in [2.24, 2.45) is 5.92 Å². The summed E-state index contributed by atoms with van der Waals surface area (Å²) < 4.78 is 0. The minimum atomic E-state index is -0.359. The van der Waals surface area contributed by atoms with E-state index in [4.69, 9.17) is 0 Å². The smallest absolute Gasteiger partial charge is 0.0917 e. The summed E-state index contributed by atoms with van der Waals surface area (Å²) in [5.74, 6) is 0.731. The van der Waals surface area contributed by atoms with E-state index in [2.05, 4.69) is 50.8 Å². The van der Waals surface area contributed by atoms with Crippen LogP contribution in [0.15, 0.2) is 18.2 Å². The molecule has 20 heavy (non-hydrogen) atoms. The molecule has 2 nitrogen and oxygen atoms in total. The molecule has 0 aliphatic heterocycles. The Balaban J connectivity index is 1.96. The second-order valence-electron chi connectivity index (χ2n) is 6.77. The second kappa shape index (κ2) is 6.73. The SMILES string of the molecule is Cc1ccc(C(O)CN(CCC(C)C)C2CC2)cc1C. The standard InChI is InChI=1S/C18H29NO/c1-13(2)9-10-19(17-7-8-17)12-18(20)16-6-5-14(3)15(4)11-16/h5-6,11,13,17-18,20H,7-10,12H2,1-4H3. The van der Waals surface area contributed by atoms with Gasteiger partial charge in [0.15, 0.2) is 0 Å². The lowest BCUT2D eigenvalue weighted by Gasteiger charge is -2.26. The van der Waals surface area contributed by atoms with Gasteiger partial charge >= 0.3 is 0 Å². The van der Waals surface area contributed by atoms with Gasteiger partial charge in [0.25, 0.3) is 0 Å². The van der Waals surface area contributed by atoms with Crippen LogP contribution >= 0.6 is 0 Å². The first-order chi connectivity index (χ1) is 9.47. The molecule has 0 aromatic heterocycles. The molecule has 0 saturated heterocycles. The van der Waals surface area contributed by atoms with Gasteiger partial charge < -0.3 is 5.11 Å². The number of aliphatic hydroxyl groups is 1. The largest absolute Gasteiger partial charge is 0.387 e. The number of rotatable bonds is 7. The zero-order valence-corrected chi connectivity index (χ0v) is 13.4. The van der Waals surface area contributed by atoms with Crippen LogP contribution in [0.2, 0.25) is 0 Å². The molecule has 2 rings (SSSR count). The molecule has 112 valence electrons. The van der Waals surface area contributed by atoms with E-state index < -0.39 is 0 Å². The zero-order valence-electron chi connectivity index (χ0n) is 13.4. The second-order valence-corrected chi connectivity index (χ2v) is 6.77. The number of aryl methyl sites for hydroxylation is 2. The molecule has 1 aliphatic rings. The van der Waals surface area contributed by atoms with Crippen molar-refractivity contribution in [1.29, 1.82) is 0 Å². The molecule has 1 aromatic rings. The van der Waals surface area contributed by atoms with Crippen LogP contribution in [-0.4, -0.2) is 29.1 Å². The Morgan fingerprint density at radius 2 is 1.90 bits per heavy atom. The van der Waals surface area contributed by atoms with E-state index in [0.29, 0.717) is 0 Å². The highest BCUT2D eigenvalue weighted by atomic mass is 16.3. The van der Waals surface area contributed by atoms with Gasteiger partial charge in [-0.15, -0.1) is 0 Å². The van der Waals surface area contributed by atoms with Gasteiger partial charge in [-0.1, -0.05) is 32.0 Å². The van der Waals surface area contributed by atoms with Gasteiger partial charge in [0.05, 0.1) is 6.10 Å². The van der Waals surface area contributed by atoms with Crippen molar-refractivity contribution in [2.75, 3.05) is 13.1 Å². The van der Waals surface area contributed by atoms with Crippen molar-refractivity contribution < 1.29 is 5.11 Å². The molecular formula is C18H29NO. The average Bonchev–Trinajstić information content (AvgIpc) is 3.21. The summed E-state index contributed by atoms with van der Waals surface area (Å²) >= 11 is 0. The Morgan fingerprint density at radius 3 is 2.45 bits per heavy atom. The van der Waals surface area contributed by atoms with E-state index in [1.807, 2.05) is 0 Å². The van der Waals surface area contributed by atoms with Gasteiger partial charge in [-0.05, 0) is 62.3 Å². The van der Waals surface area contributed by atoms with E-state index in [-0.39, 0.29) is 6.10 Å². The summed E-state index contributed by atoms with van der Waals surface area (Å²) in [7, 11) is 0. The Bertz CT molecular complexity index is 437. The minimum absolute atomic E-state index is 0.359. The molecule has 0 spiro atoms. The lowest BCUT2D eigenvalue weighted by atomic mass is 10.0. The Morgan fingerprint density at radius 1 is 1.20 bits per heavy atom. The highest BCUT2D eigenvalue weighted by molar-refractivity contribution is 5.31. The summed E-state index contributed by atoms with van der Waals surface area (Å²) in [6.45, 7) is 10.7. The van der Waals surface area contributed by atoms with Crippen molar-refractivity contribution in [3.63, 3.8) is 0 Å². The lowest BCUT2D eigenvalue weighted by Crippen LogP contribution is -2.32. The van der Waals surface area contributed by atoms with Crippen molar-refractivity contribution in [2.45, 2.75) is 59.1 Å². The van der Waals surface area contributed by atoms with E-state index in [0.717, 1.165) is 30.6 Å². The molecule has 1 N–H and O–H groups in total. The fourth-order valence-electron chi connectivity index (χ4n) is 2.59. The maximum absolute atomic E-state index is 10.5. The molecule has 1 aromatic carbocycles. The quantitative estimate of drug-likeness (QED) is 0.817. The number of hydrogen-bond donors (Lipinski definition) is 1. The number of aliphatic hydroxyl groups excluding tert-OH is 1. The summed E-state index contributed by atoms with van der Waals surface area (Å²) in [6, 6.07) is 7.03. The monoisotopic (exact) mass is 275 g/mol. The van der Waals surface area contributed by atoms with Gasteiger partial charge in [0.1, 0.15) is 0 Å². The van der Waals surface area contributed by atoms with E-state index in [9.17, 15) is 5.11 Å². The number of benzene rings is 1. The fraction of sp³-hybridized carbons (Fsp3) is 0.667. The van der Waals surface area contributed by atoms with Crippen molar-refractivity contribution in [3.8, 4) is 0 Å². The molecule has 1 saturated carbocycles. The molecule has 1 fully saturated rings. The third-order valence-electron chi connectivity index (χ3n) is 4.38. The van der Waals surface area contributed by atoms with Crippen LogP contribution in [0.5, 0.6) is 0 Å². The van der Waals surface area contributed by atoms with Crippen LogP contribution < -0.4 is 0 Å². The summed E-state index contributed by atoms with van der Waals surface area (Å²) in [5.41, 5.74) is 3.62. The van der Waals surface area contributed by atoms with Crippen molar-refractivity contribution in [3.05, 3.63) is 34.9 Å². The van der Waals surface area contributed by atoms with Gasteiger partial charge in [0.2, 0.25) is 0 Å². The first kappa shape index (κ1) is 15.5. The molecule has 0 heterocycles. The highest BCUT2D eigenvalue weighted by Gasteiger charge is 2.30. The van der Waals surface area contributed by atoms with Crippen LogP contribution in [0.1, 0.15) is 55.9 Å². The van der Waals surface area contributed by atoms with E-state index in [1.165, 1.54) is 30.4 Å². The Kier molecular flexibility index (Phi) is 5.22. The molecule has 0 bridgehead atoms. The van der Waals surface area contributed by atoms with Gasteiger partial charge in [-0.3, -0.25) is 4.90 Å².